The van der Waals surface area contributed by atoms with Crippen LogP contribution in [0.5, 0.6) is 0 Å². The first kappa shape index (κ1) is 12.7. The quantitative estimate of drug-likeness (QED) is 0.832. The molecule has 0 spiro atoms. The number of nitrogens with zero attached hydrogens (tertiary/aromatic N) is 1. The highest BCUT2D eigenvalue weighted by Crippen LogP contribution is 2.34. The van der Waals surface area contributed by atoms with Crippen LogP contribution in [0, 0.1) is 11.3 Å². The average molecular weight is 256 g/mol. The molecule has 0 bridgehead atoms. The molecule has 0 unspecified atom stereocenters. The van der Waals surface area contributed by atoms with Gasteiger partial charge in [-0.15, -0.1) is 11.3 Å². The zero-order valence-corrected chi connectivity index (χ0v) is 11.6. The second-order valence-corrected chi connectivity index (χ2v) is 6.24. The highest BCUT2D eigenvalue weighted by atomic mass is 32.1. The molecule has 0 atom stereocenters. The van der Waals surface area contributed by atoms with Crippen LogP contribution in [0.15, 0.2) is 29.6 Å². The van der Waals surface area contributed by atoms with Crippen LogP contribution >= 0.6 is 11.3 Å². The molecule has 0 aliphatic carbocycles. The third-order valence-corrected chi connectivity index (χ3v) is 3.80. The summed E-state index contributed by atoms with van der Waals surface area (Å²) in [4.78, 5) is 0. The molecular weight excluding hydrogens is 240 g/mol. The normalized spacial score (nSPS) is 11.2. The van der Waals surface area contributed by atoms with E-state index < -0.39 is 0 Å². The number of hydrogen-bond acceptors (Lipinski definition) is 3. The molecule has 1 heterocycles. The van der Waals surface area contributed by atoms with Gasteiger partial charge in [-0.25, -0.2) is 0 Å². The van der Waals surface area contributed by atoms with Crippen molar-refractivity contribution in [3.05, 3.63) is 40.8 Å². The van der Waals surface area contributed by atoms with E-state index in [1.165, 1.54) is 16.9 Å². The van der Waals surface area contributed by atoms with Gasteiger partial charge in [0.25, 0.3) is 0 Å². The highest BCUT2D eigenvalue weighted by molar-refractivity contribution is 7.14. The van der Waals surface area contributed by atoms with Crippen molar-refractivity contribution in [3.8, 4) is 17.2 Å². The molecule has 0 aliphatic heterocycles. The Labute approximate surface area is 112 Å². The number of nitrogens with two attached hydrogens (primary N) is 1. The van der Waals surface area contributed by atoms with Crippen LogP contribution in [0.1, 0.15) is 31.9 Å². The van der Waals surface area contributed by atoms with Crippen LogP contribution in [0.4, 0.5) is 5.00 Å². The molecule has 18 heavy (non-hydrogen) atoms. The first-order valence-electron chi connectivity index (χ1n) is 5.81. The van der Waals surface area contributed by atoms with Crippen molar-refractivity contribution < 1.29 is 0 Å². The van der Waals surface area contributed by atoms with E-state index >= 15 is 0 Å². The van der Waals surface area contributed by atoms with Gasteiger partial charge in [0.05, 0.1) is 5.56 Å². The van der Waals surface area contributed by atoms with Crippen molar-refractivity contribution in [2.45, 2.75) is 26.2 Å². The summed E-state index contributed by atoms with van der Waals surface area (Å²) in [5.74, 6) is 0. The Balaban J connectivity index is 2.45. The lowest BCUT2D eigenvalue weighted by Gasteiger charge is -2.19. The topological polar surface area (TPSA) is 49.8 Å². The van der Waals surface area contributed by atoms with Gasteiger partial charge in [-0.3, -0.25) is 0 Å². The maximum atomic E-state index is 9.11. The molecule has 3 heteroatoms. The summed E-state index contributed by atoms with van der Waals surface area (Å²) in [5, 5.41) is 11.6. The second-order valence-electron chi connectivity index (χ2n) is 5.33. The molecule has 2 rings (SSSR count). The molecule has 2 aromatic rings. The lowest BCUT2D eigenvalue weighted by Crippen LogP contribution is -2.10. The summed E-state index contributed by atoms with van der Waals surface area (Å²) >= 11 is 1.42. The minimum Gasteiger partial charge on any atom is -0.389 e. The second kappa shape index (κ2) is 4.47. The molecule has 0 fully saturated rings. The maximum Gasteiger partial charge on any atom is 0.104 e. The summed E-state index contributed by atoms with van der Waals surface area (Å²) in [7, 11) is 0. The first-order valence-corrected chi connectivity index (χ1v) is 6.69. The number of nitriles is 1. The smallest absolute Gasteiger partial charge is 0.104 e. The van der Waals surface area contributed by atoms with Crippen LogP contribution < -0.4 is 5.73 Å². The molecule has 2 nitrogen and oxygen atoms in total. The van der Waals surface area contributed by atoms with Crippen molar-refractivity contribution in [1.29, 1.82) is 5.26 Å². The number of thiophene rings is 1. The van der Waals surface area contributed by atoms with Crippen molar-refractivity contribution >= 4 is 16.3 Å². The van der Waals surface area contributed by atoms with E-state index in [9.17, 15) is 0 Å². The largest absolute Gasteiger partial charge is 0.389 e. The average Bonchev–Trinajstić information content (AvgIpc) is 2.69. The summed E-state index contributed by atoms with van der Waals surface area (Å²) in [6.45, 7) is 6.56. The molecule has 0 saturated carbocycles. The van der Waals surface area contributed by atoms with Crippen molar-refractivity contribution in [2.75, 3.05) is 5.73 Å². The highest BCUT2D eigenvalue weighted by Gasteiger charge is 2.15. The van der Waals surface area contributed by atoms with Gasteiger partial charge in [0.2, 0.25) is 0 Å². The van der Waals surface area contributed by atoms with E-state index in [1.807, 2.05) is 5.38 Å². The van der Waals surface area contributed by atoms with Gasteiger partial charge in [-0.05, 0) is 16.5 Å². The predicted molar refractivity (Wildman–Crippen MR) is 77.6 cm³/mol. The van der Waals surface area contributed by atoms with E-state index in [4.69, 9.17) is 11.0 Å². The fourth-order valence-electron chi connectivity index (χ4n) is 1.85. The molecule has 2 N–H and O–H groups in total. The Morgan fingerprint density at radius 2 is 1.78 bits per heavy atom. The maximum absolute atomic E-state index is 9.11. The van der Waals surface area contributed by atoms with Crippen LogP contribution in [0.2, 0.25) is 0 Å². The molecule has 0 saturated heterocycles. The summed E-state index contributed by atoms with van der Waals surface area (Å²) in [6, 6.07) is 10.5. The van der Waals surface area contributed by atoms with Gasteiger partial charge >= 0.3 is 0 Å². The summed E-state index contributed by atoms with van der Waals surface area (Å²) < 4.78 is 0. The van der Waals surface area contributed by atoms with E-state index in [1.54, 1.807) is 0 Å². The molecule has 1 aromatic heterocycles. The van der Waals surface area contributed by atoms with Gasteiger partial charge in [0, 0.05) is 10.9 Å². The number of anilines is 1. The van der Waals surface area contributed by atoms with Gasteiger partial charge in [-0.2, -0.15) is 5.26 Å². The zero-order chi connectivity index (χ0) is 13.3. The van der Waals surface area contributed by atoms with Crippen molar-refractivity contribution in [3.63, 3.8) is 0 Å². The minimum absolute atomic E-state index is 0.143. The third-order valence-electron chi connectivity index (χ3n) is 2.99. The Morgan fingerprint density at radius 1 is 1.17 bits per heavy atom. The van der Waals surface area contributed by atoms with Gasteiger partial charge < -0.3 is 5.73 Å². The number of hydrogen-bond donors (Lipinski definition) is 1. The van der Waals surface area contributed by atoms with Crippen LogP contribution in [-0.4, -0.2) is 0 Å². The number of nitrogen functional groups attached to an aromatic ring is 1. The first-order chi connectivity index (χ1) is 8.43. The van der Waals surface area contributed by atoms with Crippen LogP contribution in [0.25, 0.3) is 11.1 Å². The lowest BCUT2D eigenvalue weighted by atomic mass is 9.86. The standard InChI is InChI=1S/C15H16N2S/c1-15(2,3)11-6-4-10(5-7-11)13-9-18-14(17)12(13)8-16/h4-7,9H,17H2,1-3H3. The Kier molecular flexibility index (Phi) is 3.14. The van der Waals surface area contributed by atoms with E-state index in [0.29, 0.717) is 10.6 Å². The van der Waals surface area contributed by atoms with E-state index in [-0.39, 0.29) is 5.41 Å². The van der Waals surface area contributed by atoms with Crippen molar-refractivity contribution in [1.82, 2.24) is 0 Å². The molecule has 0 amide bonds. The van der Waals surface area contributed by atoms with Crippen molar-refractivity contribution in [2.24, 2.45) is 0 Å². The summed E-state index contributed by atoms with van der Waals surface area (Å²) in [5.41, 5.74) is 9.78. The number of benzene rings is 1. The summed E-state index contributed by atoms with van der Waals surface area (Å²) in [6.07, 6.45) is 0. The fraction of sp³-hybridized carbons (Fsp3) is 0.267. The predicted octanol–water partition coefficient (Wildman–Crippen LogP) is 4.17. The van der Waals surface area contributed by atoms with Gasteiger partial charge in [-0.1, -0.05) is 45.0 Å². The zero-order valence-electron chi connectivity index (χ0n) is 10.8. The fourth-order valence-corrected chi connectivity index (χ4v) is 2.62. The molecule has 92 valence electrons. The Morgan fingerprint density at radius 3 is 2.28 bits per heavy atom. The lowest BCUT2D eigenvalue weighted by molar-refractivity contribution is 0.590. The minimum atomic E-state index is 0.143. The Bertz CT molecular complexity index is 595. The van der Waals surface area contributed by atoms with Crippen LogP contribution in [-0.2, 0) is 5.41 Å². The monoisotopic (exact) mass is 256 g/mol. The Hall–Kier alpha value is -1.79. The number of rotatable bonds is 1. The molecule has 1 aromatic carbocycles. The van der Waals surface area contributed by atoms with E-state index in [2.05, 4.69) is 51.1 Å². The molecular formula is C15H16N2S. The molecule has 0 aliphatic rings. The third kappa shape index (κ3) is 2.25. The SMILES string of the molecule is CC(C)(C)c1ccc(-c2csc(N)c2C#N)cc1. The van der Waals surface area contributed by atoms with Gasteiger partial charge in [0.1, 0.15) is 11.1 Å². The van der Waals surface area contributed by atoms with E-state index in [0.717, 1.165) is 11.1 Å². The van der Waals surface area contributed by atoms with Gasteiger partial charge in [0.15, 0.2) is 0 Å². The molecule has 0 radical (unpaired) electrons. The van der Waals surface area contributed by atoms with Crippen LogP contribution in [0.3, 0.4) is 0 Å².